The molecule has 2 rings (SSSR count). The maximum atomic E-state index is 12.4. The van der Waals surface area contributed by atoms with Crippen LogP contribution < -0.4 is 16.4 Å². The number of carbonyl (C=O) groups is 3. The van der Waals surface area contributed by atoms with E-state index in [1.54, 1.807) is 24.3 Å². The Morgan fingerprint density at radius 2 is 1.73 bits per heavy atom. The van der Waals surface area contributed by atoms with Crippen molar-refractivity contribution in [2.24, 2.45) is 11.7 Å². The number of rotatable bonds is 5. The zero-order chi connectivity index (χ0) is 16.1. The molecule has 0 bridgehead atoms. The van der Waals surface area contributed by atoms with Crippen molar-refractivity contribution in [1.29, 1.82) is 0 Å². The Bertz CT molecular complexity index is 563. The van der Waals surface area contributed by atoms with Gasteiger partial charge in [-0.2, -0.15) is 0 Å². The van der Waals surface area contributed by atoms with E-state index in [0.717, 1.165) is 25.7 Å². The third kappa shape index (κ3) is 4.07. The lowest BCUT2D eigenvalue weighted by Crippen LogP contribution is -2.47. The summed E-state index contributed by atoms with van der Waals surface area (Å²) in [7, 11) is 0. The number of carbonyl (C=O) groups excluding carboxylic acids is 3. The van der Waals surface area contributed by atoms with E-state index >= 15 is 0 Å². The molecule has 0 unspecified atom stereocenters. The van der Waals surface area contributed by atoms with E-state index in [1.807, 2.05) is 0 Å². The van der Waals surface area contributed by atoms with Crippen LogP contribution in [0.3, 0.4) is 0 Å². The Morgan fingerprint density at radius 1 is 1.14 bits per heavy atom. The van der Waals surface area contributed by atoms with Crippen molar-refractivity contribution in [2.45, 2.75) is 38.6 Å². The van der Waals surface area contributed by atoms with E-state index in [9.17, 15) is 14.4 Å². The van der Waals surface area contributed by atoms with Gasteiger partial charge in [-0.15, -0.1) is 0 Å². The number of benzene rings is 1. The molecule has 1 aliphatic carbocycles. The second-order valence-corrected chi connectivity index (χ2v) is 5.65. The number of amides is 3. The normalized spacial score (nSPS) is 16.0. The Balaban J connectivity index is 2.06. The van der Waals surface area contributed by atoms with Gasteiger partial charge >= 0.3 is 0 Å². The number of anilines is 1. The average molecular weight is 303 g/mol. The molecule has 0 radical (unpaired) electrons. The zero-order valence-corrected chi connectivity index (χ0v) is 12.6. The summed E-state index contributed by atoms with van der Waals surface area (Å²) in [4.78, 5) is 34.8. The van der Waals surface area contributed by atoms with Gasteiger partial charge in [0.2, 0.25) is 17.7 Å². The van der Waals surface area contributed by atoms with Crippen LogP contribution in [-0.4, -0.2) is 23.8 Å². The van der Waals surface area contributed by atoms with E-state index in [2.05, 4.69) is 10.6 Å². The monoisotopic (exact) mass is 303 g/mol. The van der Waals surface area contributed by atoms with Gasteiger partial charge in [-0.1, -0.05) is 12.8 Å². The summed E-state index contributed by atoms with van der Waals surface area (Å²) in [6.45, 7) is 1.41. The molecule has 22 heavy (non-hydrogen) atoms. The van der Waals surface area contributed by atoms with Crippen molar-refractivity contribution in [3.05, 3.63) is 29.8 Å². The minimum atomic E-state index is -0.518. The van der Waals surface area contributed by atoms with Crippen molar-refractivity contribution in [1.82, 2.24) is 5.32 Å². The molecule has 0 saturated heterocycles. The first kappa shape index (κ1) is 16.0. The molecular weight excluding hydrogens is 282 g/mol. The summed E-state index contributed by atoms with van der Waals surface area (Å²) in [5, 5.41) is 5.53. The van der Waals surface area contributed by atoms with Crippen LogP contribution in [0, 0.1) is 5.92 Å². The van der Waals surface area contributed by atoms with Gasteiger partial charge in [0.05, 0.1) is 0 Å². The van der Waals surface area contributed by atoms with Gasteiger partial charge in [0.15, 0.2) is 0 Å². The average Bonchev–Trinajstić information content (AvgIpc) is 2.99. The SMILES string of the molecule is CC(=O)N[C@@H](C(=O)Nc1ccc(C(N)=O)cc1)C1CCCC1. The molecule has 3 amide bonds. The van der Waals surface area contributed by atoms with E-state index in [1.165, 1.54) is 6.92 Å². The summed E-state index contributed by atoms with van der Waals surface area (Å²) in [5.74, 6) is -0.779. The highest BCUT2D eigenvalue weighted by Crippen LogP contribution is 2.28. The number of nitrogens with one attached hydrogen (secondary N) is 2. The molecule has 0 spiro atoms. The maximum absolute atomic E-state index is 12.4. The minimum Gasteiger partial charge on any atom is -0.366 e. The fourth-order valence-electron chi connectivity index (χ4n) is 2.85. The Labute approximate surface area is 129 Å². The van der Waals surface area contributed by atoms with Crippen LogP contribution in [0.2, 0.25) is 0 Å². The lowest BCUT2D eigenvalue weighted by Gasteiger charge is -2.23. The highest BCUT2D eigenvalue weighted by Gasteiger charge is 2.31. The van der Waals surface area contributed by atoms with Crippen LogP contribution >= 0.6 is 0 Å². The summed E-state index contributed by atoms with van der Waals surface area (Å²) < 4.78 is 0. The van der Waals surface area contributed by atoms with E-state index in [4.69, 9.17) is 5.73 Å². The van der Waals surface area contributed by atoms with Crippen molar-refractivity contribution in [2.75, 3.05) is 5.32 Å². The van der Waals surface area contributed by atoms with E-state index in [0.29, 0.717) is 11.3 Å². The van der Waals surface area contributed by atoms with Crippen molar-refractivity contribution in [3.63, 3.8) is 0 Å². The maximum Gasteiger partial charge on any atom is 0.248 e. The van der Waals surface area contributed by atoms with E-state index < -0.39 is 11.9 Å². The third-order valence-corrected chi connectivity index (χ3v) is 3.95. The highest BCUT2D eigenvalue weighted by atomic mass is 16.2. The molecule has 1 aromatic carbocycles. The standard InChI is InChI=1S/C16H21N3O3/c1-10(20)18-14(11-4-2-3-5-11)16(22)19-13-8-6-12(7-9-13)15(17)21/h6-9,11,14H,2-5H2,1H3,(H2,17,21)(H,18,20)(H,19,22)/t14-/m1/s1. The molecule has 1 aliphatic rings. The second kappa shape index (κ2) is 7.06. The minimum absolute atomic E-state index is 0.175. The molecule has 4 N–H and O–H groups in total. The summed E-state index contributed by atoms with van der Waals surface area (Å²) in [5.41, 5.74) is 6.13. The summed E-state index contributed by atoms with van der Waals surface area (Å²) >= 11 is 0. The van der Waals surface area contributed by atoms with Crippen LogP contribution in [0.25, 0.3) is 0 Å². The first-order valence-corrected chi connectivity index (χ1v) is 7.45. The topological polar surface area (TPSA) is 101 Å². The molecule has 0 aliphatic heterocycles. The number of primary amides is 1. The molecule has 6 nitrogen and oxygen atoms in total. The van der Waals surface area contributed by atoms with Crippen LogP contribution in [0.4, 0.5) is 5.69 Å². The third-order valence-electron chi connectivity index (χ3n) is 3.95. The largest absolute Gasteiger partial charge is 0.366 e. The zero-order valence-electron chi connectivity index (χ0n) is 12.6. The van der Waals surface area contributed by atoms with Gasteiger partial charge in [-0.05, 0) is 43.0 Å². The quantitative estimate of drug-likeness (QED) is 0.766. The Hall–Kier alpha value is -2.37. The molecule has 1 saturated carbocycles. The smallest absolute Gasteiger partial charge is 0.248 e. The van der Waals surface area contributed by atoms with Crippen LogP contribution in [0.1, 0.15) is 43.0 Å². The van der Waals surface area contributed by atoms with E-state index in [-0.39, 0.29) is 17.7 Å². The fourth-order valence-corrected chi connectivity index (χ4v) is 2.85. The predicted molar refractivity (Wildman–Crippen MR) is 83.2 cm³/mol. The highest BCUT2D eigenvalue weighted by molar-refractivity contribution is 5.98. The molecule has 0 heterocycles. The van der Waals surface area contributed by atoms with Gasteiger partial charge in [-0.25, -0.2) is 0 Å². The summed E-state index contributed by atoms with van der Waals surface area (Å²) in [6.07, 6.45) is 4.06. The predicted octanol–water partition coefficient (Wildman–Crippen LogP) is 1.42. The van der Waals surface area contributed by atoms with Crippen molar-refractivity contribution >= 4 is 23.4 Å². The molecule has 118 valence electrons. The van der Waals surface area contributed by atoms with Gasteiger partial charge in [0.1, 0.15) is 6.04 Å². The summed E-state index contributed by atoms with van der Waals surface area (Å²) in [6, 6.07) is 5.84. The lowest BCUT2D eigenvalue weighted by molar-refractivity contribution is -0.126. The van der Waals surface area contributed by atoms with Crippen LogP contribution in [-0.2, 0) is 9.59 Å². The van der Waals surface area contributed by atoms with Crippen molar-refractivity contribution in [3.8, 4) is 0 Å². The fraction of sp³-hybridized carbons (Fsp3) is 0.438. The number of hydrogen-bond acceptors (Lipinski definition) is 3. The molecular formula is C16H21N3O3. The Morgan fingerprint density at radius 3 is 2.23 bits per heavy atom. The molecule has 1 fully saturated rings. The Kier molecular flexibility index (Phi) is 5.14. The molecule has 1 aromatic rings. The molecule has 6 heteroatoms. The molecule has 1 atom stereocenters. The second-order valence-electron chi connectivity index (χ2n) is 5.65. The van der Waals surface area contributed by atoms with Gasteiger partial charge in [0, 0.05) is 18.2 Å². The van der Waals surface area contributed by atoms with Crippen molar-refractivity contribution < 1.29 is 14.4 Å². The first-order chi connectivity index (χ1) is 10.5. The first-order valence-electron chi connectivity index (χ1n) is 7.45. The number of nitrogens with two attached hydrogens (primary N) is 1. The molecule has 0 aromatic heterocycles. The lowest BCUT2D eigenvalue weighted by atomic mass is 9.97. The van der Waals surface area contributed by atoms with Gasteiger partial charge in [0.25, 0.3) is 0 Å². The number of hydrogen-bond donors (Lipinski definition) is 3. The van der Waals surface area contributed by atoms with Gasteiger partial charge in [-0.3, -0.25) is 14.4 Å². The van der Waals surface area contributed by atoms with Crippen LogP contribution in [0.5, 0.6) is 0 Å². The van der Waals surface area contributed by atoms with Gasteiger partial charge < -0.3 is 16.4 Å². The van der Waals surface area contributed by atoms with Crippen LogP contribution in [0.15, 0.2) is 24.3 Å².